The van der Waals surface area contributed by atoms with Gasteiger partial charge in [0, 0.05) is 11.1 Å². The minimum absolute atomic E-state index is 0.0115. The van der Waals surface area contributed by atoms with Crippen molar-refractivity contribution in [2.75, 3.05) is 0 Å². The molecule has 0 bridgehead atoms. The first-order valence-corrected chi connectivity index (χ1v) is 7.68. The van der Waals surface area contributed by atoms with E-state index >= 15 is 0 Å². The van der Waals surface area contributed by atoms with E-state index in [9.17, 15) is 26.3 Å². The molecule has 0 aliphatic carbocycles. The topological polar surface area (TPSA) is 67.6 Å². The second kappa shape index (κ2) is 6.08. The monoisotopic (exact) mass is 398 g/mol. The molecule has 2 heterocycles. The Morgan fingerprint density at radius 2 is 1.50 bits per heavy atom. The van der Waals surface area contributed by atoms with E-state index < -0.39 is 34.9 Å². The minimum atomic E-state index is -4.97. The number of aromatic amines is 1. The molecular formula is C17H8F6N4O. The number of nitrogens with zero attached hydrogens (tertiary/aromatic N) is 3. The Morgan fingerprint density at radius 1 is 0.821 bits per heavy atom. The summed E-state index contributed by atoms with van der Waals surface area (Å²) in [5, 5.41) is 3.65. The van der Waals surface area contributed by atoms with Crippen LogP contribution in [-0.2, 0) is 12.4 Å². The molecule has 0 saturated carbocycles. The maximum absolute atomic E-state index is 13.0. The van der Waals surface area contributed by atoms with Crippen LogP contribution in [0.1, 0.15) is 11.1 Å². The summed E-state index contributed by atoms with van der Waals surface area (Å²) in [6.07, 6.45) is -8.47. The highest BCUT2D eigenvalue weighted by Gasteiger charge is 2.37. The summed E-state index contributed by atoms with van der Waals surface area (Å²) >= 11 is 0. The molecule has 5 nitrogen and oxygen atoms in total. The van der Waals surface area contributed by atoms with Crippen LogP contribution in [0.25, 0.3) is 33.9 Å². The number of nitrogens with one attached hydrogen (secondary N) is 1. The predicted molar refractivity (Wildman–Crippen MR) is 84.8 cm³/mol. The van der Waals surface area contributed by atoms with Crippen LogP contribution in [0.3, 0.4) is 0 Å². The van der Waals surface area contributed by atoms with E-state index in [-0.39, 0.29) is 11.9 Å². The number of imidazole rings is 1. The van der Waals surface area contributed by atoms with Crippen LogP contribution >= 0.6 is 0 Å². The Bertz CT molecular complexity index is 1130. The van der Waals surface area contributed by atoms with E-state index in [0.717, 1.165) is 0 Å². The second-order valence-electron chi connectivity index (χ2n) is 5.85. The Hall–Kier alpha value is -3.37. The third-order valence-corrected chi connectivity index (χ3v) is 3.94. The minimum Gasteiger partial charge on any atom is -0.345 e. The zero-order valence-electron chi connectivity index (χ0n) is 13.6. The molecule has 0 unspecified atom stereocenters. The van der Waals surface area contributed by atoms with E-state index in [1.165, 1.54) is 6.33 Å². The molecule has 28 heavy (non-hydrogen) atoms. The maximum atomic E-state index is 13.0. The van der Waals surface area contributed by atoms with E-state index in [0.29, 0.717) is 28.7 Å². The van der Waals surface area contributed by atoms with Gasteiger partial charge in [-0.3, -0.25) is 0 Å². The number of aromatic nitrogens is 4. The molecule has 0 fully saturated rings. The van der Waals surface area contributed by atoms with Gasteiger partial charge < -0.3 is 9.51 Å². The molecule has 2 aromatic heterocycles. The van der Waals surface area contributed by atoms with Gasteiger partial charge in [0.25, 0.3) is 5.89 Å². The van der Waals surface area contributed by atoms with Crippen molar-refractivity contribution in [2.24, 2.45) is 0 Å². The number of hydrogen-bond donors (Lipinski definition) is 1. The summed E-state index contributed by atoms with van der Waals surface area (Å²) in [6.45, 7) is 0. The summed E-state index contributed by atoms with van der Waals surface area (Å²) in [4.78, 5) is 10.8. The smallest absolute Gasteiger partial charge is 0.345 e. The number of halogens is 6. The zero-order chi connectivity index (χ0) is 20.1. The first-order valence-electron chi connectivity index (χ1n) is 7.68. The largest absolute Gasteiger partial charge is 0.416 e. The van der Waals surface area contributed by atoms with Gasteiger partial charge in [-0.2, -0.15) is 31.3 Å². The fourth-order valence-electron chi connectivity index (χ4n) is 2.61. The summed E-state index contributed by atoms with van der Waals surface area (Å²) in [7, 11) is 0. The van der Waals surface area contributed by atoms with Gasteiger partial charge in [0.2, 0.25) is 5.82 Å². The third kappa shape index (κ3) is 3.30. The first kappa shape index (κ1) is 18.0. The van der Waals surface area contributed by atoms with E-state index in [1.807, 2.05) is 0 Å². The average molecular weight is 398 g/mol. The molecule has 0 aliphatic heterocycles. The van der Waals surface area contributed by atoms with Gasteiger partial charge in [0.05, 0.1) is 28.5 Å². The van der Waals surface area contributed by atoms with Crippen molar-refractivity contribution in [2.45, 2.75) is 12.4 Å². The first-order chi connectivity index (χ1) is 13.1. The highest BCUT2D eigenvalue weighted by Crippen LogP contribution is 2.38. The fraction of sp³-hybridized carbons (Fsp3) is 0.118. The van der Waals surface area contributed by atoms with Crippen molar-refractivity contribution in [3.63, 3.8) is 0 Å². The molecule has 0 amide bonds. The molecule has 0 spiro atoms. The quantitative estimate of drug-likeness (QED) is 0.464. The van der Waals surface area contributed by atoms with Gasteiger partial charge >= 0.3 is 12.4 Å². The zero-order valence-corrected chi connectivity index (χ0v) is 13.6. The summed E-state index contributed by atoms with van der Waals surface area (Å²) in [6, 6.07) is 5.99. The molecule has 2 aromatic carbocycles. The number of H-pyrrole nitrogens is 1. The summed E-state index contributed by atoms with van der Waals surface area (Å²) in [5.74, 6) is -0.450. The lowest BCUT2D eigenvalue weighted by molar-refractivity contribution is -0.143. The van der Waals surface area contributed by atoms with E-state index in [2.05, 4.69) is 20.1 Å². The molecule has 0 atom stereocenters. The normalized spacial score (nSPS) is 12.6. The summed E-state index contributed by atoms with van der Waals surface area (Å²) < 4.78 is 82.9. The molecule has 144 valence electrons. The van der Waals surface area contributed by atoms with Crippen LogP contribution < -0.4 is 0 Å². The number of hydrogen-bond acceptors (Lipinski definition) is 4. The Labute approximate surface area is 152 Å². The summed E-state index contributed by atoms with van der Waals surface area (Å²) in [5.41, 5.74) is -1.63. The lowest BCUT2D eigenvalue weighted by Gasteiger charge is -2.12. The van der Waals surface area contributed by atoms with Gasteiger partial charge in [0.15, 0.2) is 0 Å². The molecule has 4 aromatic rings. The SMILES string of the molecule is FC(F)(F)c1cc(-c2nc(-c3ccc4nc[nH]c4c3)no2)cc(C(F)(F)F)c1. The van der Waals surface area contributed by atoms with Gasteiger partial charge in [0.1, 0.15) is 0 Å². The standard InChI is InChI=1S/C17H8F6N4O/c18-16(19,20)10-3-9(4-11(6-10)17(21,22)23)15-26-14(27-28-15)8-1-2-12-13(5-8)25-7-24-12/h1-7H,(H,24,25). The number of benzene rings is 2. The Morgan fingerprint density at radius 3 is 2.14 bits per heavy atom. The highest BCUT2D eigenvalue weighted by atomic mass is 19.4. The molecule has 11 heteroatoms. The van der Waals surface area contributed by atoms with Crippen LogP contribution in [0, 0.1) is 0 Å². The predicted octanol–water partition coefficient (Wildman–Crippen LogP) is 5.32. The van der Waals surface area contributed by atoms with Gasteiger partial charge in [-0.25, -0.2) is 4.98 Å². The van der Waals surface area contributed by atoms with Crippen molar-refractivity contribution in [3.05, 3.63) is 53.9 Å². The van der Waals surface area contributed by atoms with Gasteiger partial charge in [-0.05, 0) is 36.4 Å². The second-order valence-corrected chi connectivity index (χ2v) is 5.85. The van der Waals surface area contributed by atoms with Crippen molar-refractivity contribution < 1.29 is 30.9 Å². The third-order valence-electron chi connectivity index (χ3n) is 3.94. The van der Waals surface area contributed by atoms with Gasteiger partial charge in [-0.1, -0.05) is 5.16 Å². The van der Waals surface area contributed by atoms with Crippen LogP contribution in [0.5, 0.6) is 0 Å². The average Bonchev–Trinajstić information content (AvgIpc) is 3.28. The lowest BCUT2D eigenvalue weighted by Crippen LogP contribution is -2.11. The molecular weight excluding hydrogens is 390 g/mol. The number of rotatable bonds is 2. The molecule has 4 rings (SSSR count). The molecule has 0 radical (unpaired) electrons. The van der Waals surface area contributed by atoms with E-state index in [1.54, 1.807) is 18.2 Å². The van der Waals surface area contributed by atoms with Crippen LogP contribution in [-0.4, -0.2) is 20.1 Å². The lowest BCUT2D eigenvalue weighted by atomic mass is 10.0. The van der Waals surface area contributed by atoms with Gasteiger partial charge in [-0.15, -0.1) is 0 Å². The van der Waals surface area contributed by atoms with Crippen molar-refractivity contribution in [1.29, 1.82) is 0 Å². The highest BCUT2D eigenvalue weighted by molar-refractivity contribution is 5.80. The Balaban J connectivity index is 1.79. The van der Waals surface area contributed by atoms with Crippen LogP contribution in [0.15, 0.2) is 47.2 Å². The maximum Gasteiger partial charge on any atom is 0.416 e. The van der Waals surface area contributed by atoms with Crippen molar-refractivity contribution in [1.82, 2.24) is 20.1 Å². The number of fused-ring (bicyclic) bond motifs is 1. The number of alkyl halides is 6. The molecule has 1 N–H and O–H groups in total. The van der Waals surface area contributed by atoms with Crippen LogP contribution in [0.4, 0.5) is 26.3 Å². The molecule has 0 saturated heterocycles. The van der Waals surface area contributed by atoms with Crippen molar-refractivity contribution >= 4 is 11.0 Å². The van der Waals surface area contributed by atoms with E-state index in [4.69, 9.17) is 4.52 Å². The molecule has 0 aliphatic rings. The van der Waals surface area contributed by atoms with Crippen LogP contribution in [0.2, 0.25) is 0 Å². The Kier molecular flexibility index (Phi) is 3.91. The van der Waals surface area contributed by atoms with Crippen molar-refractivity contribution in [3.8, 4) is 22.8 Å². The fourth-order valence-corrected chi connectivity index (χ4v) is 2.61.